The van der Waals surface area contributed by atoms with Crippen molar-refractivity contribution in [2.24, 2.45) is 17.1 Å². The van der Waals surface area contributed by atoms with Crippen molar-refractivity contribution in [1.29, 1.82) is 0 Å². The van der Waals surface area contributed by atoms with E-state index in [0.717, 1.165) is 31.0 Å². The van der Waals surface area contributed by atoms with Gasteiger partial charge in [-0.1, -0.05) is 32.3 Å². The minimum Gasteiger partial charge on any atom is -0.337 e. The molecule has 2 aliphatic rings. The van der Waals surface area contributed by atoms with Gasteiger partial charge in [-0.3, -0.25) is 0 Å². The van der Waals surface area contributed by atoms with Gasteiger partial charge in [0.15, 0.2) is 5.82 Å². The van der Waals surface area contributed by atoms with Crippen LogP contribution in [0.3, 0.4) is 0 Å². The number of nitrogens with zero attached hydrogens (tertiary/aromatic N) is 2. The van der Waals surface area contributed by atoms with Crippen molar-refractivity contribution in [1.82, 2.24) is 10.1 Å². The molecular weight excluding hydrogens is 238 g/mol. The minimum atomic E-state index is -0.379. The number of aromatic nitrogens is 2. The highest BCUT2D eigenvalue weighted by atomic mass is 16.5. The summed E-state index contributed by atoms with van der Waals surface area (Å²) >= 11 is 0. The van der Waals surface area contributed by atoms with Crippen LogP contribution < -0.4 is 5.73 Å². The summed E-state index contributed by atoms with van der Waals surface area (Å²) in [5.74, 6) is 2.81. The fourth-order valence-corrected chi connectivity index (χ4v) is 3.30. The third kappa shape index (κ3) is 2.31. The maximum Gasteiger partial charge on any atom is 0.246 e. The van der Waals surface area contributed by atoms with Gasteiger partial charge in [0.2, 0.25) is 5.89 Å². The van der Waals surface area contributed by atoms with E-state index in [2.05, 4.69) is 30.9 Å². The van der Waals surface area contributed by atoms with Crippen LogP contribution in [0.4, 0.5) is 0 Å². The van der Waals surface area contributed by atoms with Crippen molar-refractivity contribution in [3.8, 4) is 0 Å². The summed E-state index contributed by atoms with van der Waals surface area (Å²) in [4.78, 5) is 4.61. The molecule has 19 heavy (non-hydrogen) atoms. The molecule has 0 bridgehead atoms. The minimum absolute atomic E-state index is 0.336. The van der Waals surface area contributed by atoms with E-state index in [1.807, 2.05) is 0 Å². The first-order valence-corrected chi connectivity index (χ1v) is 7.57. The van der Waals surface area contributed by atoms with Gasteiger partial charge in [0, 0.05) is 5.92 Å². The van der Waals surface area contributed by atoms with Crippen LogP contribution >= 0.6 is 0 Å². The fourth-order valence-electron chi connectivity index (χ4n) is 3.30. The van der Waals surface area contributed by atoms with E-state index in [9.17, 15) is 0 Å². The lowest BCUT2D eigenvalue weighted by Gasteiger charge is -2.33. The Balaban J connectivity index is 1.72. The Hall–Kier alpha value is -0.900. The second kappa shape index (κ2) is 4.30. The lowest BCUT2D eigenvalue weighted by Crippen LogP contribution is -2.40. The van der Waals surface area contributed by atoms with E-state index < -0.39 is 0 Å². The smallest absolute Gasteiger partial charge is 0.246 e. The molecule has 0 amide bonds. The van der Waals surface area contributed by atoms with Gasteiger partial charge in [0.05, 0.1) is 5.54 Å². The molecule has 2 N–H and O–H groups in total. The molecule has 1 aromatic rings. The molecule has 0 saturated heterocycles. The summed E-state index contributed by atoms with van der Waals surface area (Å²) in [5, 5.41) is 4.17. The van der Waals surface area contributed by atoms with Crippen LogP contribution in [0.1, 0.15) is 76.9 Å². The Bertz CT molecular complexity index is 458. The molecule has 4 nitrogen and oxygen atoms in total. The maximum absolute atomic E-state index is 6.50. The highest BCUT2D eigenvalue weighted by Gasteiger charge is 2.50. The van der Waals surface area contributed by atoms with Gasteiger partial charge in [0.25, 0.3) is 0 Å². The van der Waals surface area contributed by atoms with Gasteiger partial charge in [-0.2, -0.15) is 4.98 Å². The van der Waals surface area contributed by atoms with Crippen LogP contribution in [0.5, 0.6) is 0 Å². The summed E-state index contributed by atoms with van der Waals surface area (Å²) in [5.41, 5.74) is 6.46. The summed E-state index contributed by atoms with van der Waals surface area (Å²) < 4.78 is 5.48. The number of nitrogens with two attached hydrogens (primary N) is 1. The molecular formula is C15H25N3O. The molecule has 4 heteroatoms. The summed E-state index contributed by atoms with van der Waals surface area (Å²) in [6.45, 7) is 6.75. The molecule has 2 saturated carbocycles. The van der Waals surface area contributed by atoms with Crippen LogP contribution in [0, 0.1) is 11.3 Å². The van der Waals surface area contributed by atoms with Crippen molar-refractivity contribution in [2.45, 2.75) is 70.8 Å². The van der Waals surface area contributed by atoms with E-state index in [1.54, 1.807) is 0 Å². The van der Waals surface area contributed by atoms with Gasteiger partial charge < -0.3 is 10.3 Å². The molecule has 1 heterocycles. The van der Waals surface area contributed by atoms with E-state index in [0.29, 0.717) is 17.2 Å². The Labute approximate surface area is 115 Å². The molecule has 2 fully saturated rings. The first-order valence-electron chi connectivity index (χ1n) is 7.57. The number of hydrogen-bond donors (Lipinski definition) is 1. The van der Waals surface area contributed by atoms with Crippen LogP contribution in [0.25, 0.3) is 0 Å². The topological polar surface area (TPSA) is 64.9 Å². The lowest BCUT2D eigenvalue weighted by atomic mass is 9.76. The third-order valence-electron chi connectivity index (χ3n) is 5.27. The molecule has 1 unspecified atom stereocenters. The zero-order valence-electron chi connectivity index (χ0n) is 12.3. The first-order chi connectivity index (χ1) is 8.94. The van der Waals surface area contributed by atoms with E-state index >= 15 is 0 Å². The quantitative estimate of drug-likeness (QED) is 0.908. The van der Waals surface area contributed by atoms with E-state index in [4.69, 9.17) is 10.3 Å². The standard InChI is InChI=1S/C15H25N3O/c1-4-10-5-7-15(16,8-6-10)13-17-12(18-19-13)11-9-14(11,2)3/h10-11H,4-9,16H2,1-3H3. The molecule has 0 radical (unpaired) electrons. The molecule has 1 atom stereocenters. The van der Waals surface area contributed by atoms with Gasteiger partial charge >= 0.3 is 0 Å². The summed E-state index contributed by atoms with van der Waals surface area (Å²) in [6, 6.07) is 0. The zero-order valence-corrected chi connectivity index (χ0v) is 12.3. The van der Waals surface area contributed by atoms with Crippen LogP contribution in [-0.2, 0) is 5.54 Å². The second-order valence-electron chi connectivity index (χ2n) is 7.21. The van der Waals surface area contributed by atoms with Crippen molar-refractivity contribution >= 4 is 0 Å². The van der Waals surface area contributed by atoms with Gasteiger partial charge in [-0.15, -0.1) is 0 Å². The van der Waals surface area contributed by atoms with Crippen LogP contribution in [-0.4, -0.2) is 10.1 Å². The second-order valence-corrected chi connectivity index (χ2v) is 7.21. The summed E-state index contributed by atoms with van der Waals surface area (Å²) in [6.07, 6.45) is 6.71. The van der Waals surface area contributed by atoms with Crippen molar-refractivity contribution in [2.75, 3.05) is 0 Å². The molecule has 0 aliphatic heterocycles. The third-order valence-corrected chi connectivity index (χ3v) is 5.27. The predicted molar refractivity (Wildman–Crippen MR) is 73.6 cm³/mol. The normalized spacial score (nSPS) is 37.3. The van der Waals surface area contributed by atoms with Gasteiger partial charge in [0.1, 0.15) is 0 Å². The average molecular weight is 263 g/mol. The molecule has 3 rings (SSSR count). The summed E-state index contributed by atoms with van der Waals surface area (Å²) in [7, 11) is 0. The van der Waals surface area contributed by atoms with E-state index in [1.165, 1.54) is 19.3 Å². The molecule has 106 valence electrons. The lowest BCUT2D eigenvalue weighted by molar-refractivity contribution is 0.181. The van der Waals surface area contributed by atoms with Crippen molar-refractivity contribution in [3.63, 3.8) is 0 Å². The van der Waals surface area contributed by atoms with Gasteiger partial charge in [-0.05, 0) is 43.4 Å². The molecule has 1 aromatic heterocycles. The molecule has 0 aromatic carbocycles. The monoisotopic (exact) mass is 263 g/mol. The number of rotatable bonds is 3. The Morgan fingerprint density at radius 3 is 2.47 bits per heavy atom. The Kier molecular flexibility index (Phi) is 2.97. The fraction of sp³-hybridized carbons (Fsp3) is 0.867. The largest absolute Gasteiger partial charge is 0.337 e. The van der Waals surface area contributed by atoms with Gasteiger partial charge in [-0.25, -0.2) is 0 Å². The van der Waals surface area contributed by atoms with Crippen molar-refractivity contribution in [3.05, 3.63) is 11.7 Å². The highest BCUT2D eigenvalue weighted by molar-refractivity contribution is 5.16. The maximum atomic E-state index is 6.50. The van der Waals surface area contributed by atoms with E-state index in [-0.39, 0.29) is 5.54 Å². The zero-order chi connectivity index (χ0) is 13.7. The first kappa shape index (κ1) is 13.1. The molecule has 0 spiro atoms. The molecule has 2 aliphatic carbocycles. The highest BCUT2D eigenvalue weighted by Crippen LogP contribution is 2.57. The predicted octanol–water partition coefficient (Wildman–Crippen LogP) is 3.34. The van der Waals surface area contributed by atoms with Crippen molar-refractivity contribution < 1.29 is 4.52 Å². The Morgan fingerprint density at radius 2 is 1.95 bits per heavy atom. The van der Waals surface area contributed by atoms with Crippen LogP contribution in [0.15, 0.2) is 4.52 Å². The van der Waals surface area contributed by atoms with Crippen LogP contribution in [0.2, 0.25) is 0 Å². The SMILES string of the molecule is CCC1CCC(N)(c2nc(C3CC3(C)C)no2)CC1. The average Bonchev–Trinajstić information content (AvgIpc) is 2.81. The Morgan fingerprint density at radius 1 is 1.32 bits per heavy atom. The number of hydrogen-bond acceptors (Lipinski definition) is 4.